The Balaban J connectivity index is 1.91. The normalized spacial score (nSPS) is 22.4. The van der Waals surface area contributed by atoms with Gasteiger partial charge in [0.25, 0.3) is 5.56 Å². The van der Waals surface area contributed by atoms with E-state index in [0.29, 0.717) is 23.0 Å². The first-order valence-electron chi connectivity index (χ1n) is 8.63. The molecule has 0 aliphatic heterocycles. The Labute approximate surface area is 136 Å². The van der Waals surface area contributed by atoms with Gasteiger partial charge in [-0.1, -0.05) is 26.2 Å². The first-order valence-corrected chi connectivity index (χ1v) is 8.63. The Morgan fingerprint density at radius 2 is 2.17 bits per heavy atom. The molecule has 2 unspecified atom stereocenters. The van der Waals surface area contributed by atoms with Crippen LogP contribution in [0.5, 0.6) is 0 Å². The van der Waals surface area contributed by atoms with Gasteiger partial charge in [-0.25, -0.2) is 4.68 Å². The highest BCUT2D eigenvalue weighted by Gasteiger charge is 2.23. The summed E-state index contributed by atoms with van der Waals surface area (Å²) in [7, 11) is 0. The number of rotatable bonds is 3. The Hall–Kier alpha value is -1.85. The highest BCUT2D eigenvalue weighted by Crippen LogP contribution is 2.28. The lowest BCUT2D eigenvalue weighted by Gasteiger charge is -2.29. The second-order valence-electron chi connectivity index (χ2n) is 7.66. The summed E-state index contributed by atoms with van der Waals surface area (Å²) in [5, 5.41) is 8.33. The van der Waals surface area contributed by atoms with Crippen molar-refractivity contribution in [2.45, 2.75) is 71.4 Å². The number of nitrogens with one attached hydrogen (secondary N) is 2. The van der Waals surface area contributed by atoms with E-state index in [1.165, 1.54) is 19.3 Å². The molecular formula is C17H27N5O. The number of aromatic nitrogens is 4. The van der Waals surface area contributed by atoms with Gasteiger partial charge in [0.15, 0.2) is 5.65 Å². The zero-order valence-corrected chi connectivity index (χ0v) is 14.5. The number of aromatic amines is 1. The number of nitrogens with zero attached hydrogens (tertiary/aromatic N) is 3. The Bertz CT molecular complexity index is 740. The van der Waals surface area contributed by atoms with Crippen molar-refractivity contribution >= 4 is 17.0 Å². The summed E-state index contributed by atoms with van der Waals surface area (Å²) in [6.07, 6.45) is 7.66. The lowest BCUT2D eigenvalue weighted by atomic mass is 9.84. The topological polar surface area (TPSA) is 75.6 Å². The van der Waals surface area contributed by atoms with Crippen LogP contribution < -0.4 is 10.9 Å². The fraction of sp³-hybridized carbons (Fsp3) is 0.706. The second kappa shape index (κ2) is 5.98. The summed E-state index contributed by atoms with van der Waals surface area (Å²) in [6.45, 7) is 8.42. The summed E-state index contributed by atoms with van der Waals surface area (Å²) < 4.78 is 1.82. The fourth-order valence-corrected chi connectivity index (χ4v) is 3.46. The number of hydrogen-bond donors (Lipinski definition) is 2. The molecule has 0 saturated heterocycles. The van der Waals surface area contributed by atoms with E-state index in [-0.39, 0.29) is 11.1 Å². The standard InChI is InChI=1S/C17H27N5O/c1-5-11-7-6-8-12(9-11)19-16-20-14-13(15(23)21-16)10-18-22(14)17(2,3)4/h10-12H,5-9H2,1-4H3,(H2,19,20,21,23). The minimum atomic E-state index is -0.210. The molecule has 2 atom stereocenters. The first-order chi connectivity index (χ1) is 10.9. The van der Waals surface area contributed by atoms with Crippen molar-refractivity contribution in [2.75, 3.05) is 5.32 Å². The molecule has 6 heteroatoms. The van der Waals surface area contributed by atoms with E-state index >= 15 is 0 Å². The lowest BCUT2D eigenvalue weighted by Crippen LogP contribution is -2.29. The van der Waals surface area contributed by atoms with Crippen LogP contribution in [0.25, 0.3) is 11.0 Å². The molecule has 1 saturated carbocycles. The number of H-pyrrole nitrogens is 1. The molecule has 6 nitrogen and oxygen atoms in total. The predicted octanol–water partition coefficient (Wildman–Crippen LogP) is 3.26. The van der Waals surface area contributed by atoms with Gasteiger partial charge in [-0.05, 0) is 39.5 Å². The monoisotopic (exact) mass is 317 g/mol. The van der Waals surface area contributed by atoms with E-state index in [9.17, 15) is 4.79 Å². The molecular weight excluding hydrogens is 290 g/mol. The molecule has 2 aromatic heterocycles. The van der Waals surface area contributed by atoms with Crippen LogP contribution in [0.2, 0.25) is 0 Å². The van der Waals surface area contributed by atoms with Gasteiger partial charge >= 0.3 is 0 Å². The fourth-order valence-electron chi connectivity index (χ4n) is 3.46. The van der Waals surface area contributed by atoms with Gasteiger partial charge in [-0.2, -0.15) is 10.1 Å². The first kappa shape index (κ1) is 16.0. The maximum absolute atomic E-state index is 12.3. The van der Waals surface area contributed by atoms with Crippen molar-refractivity contribution in [1.29, 1.82) is 0 Å². The summed E-state index contributed by atoms with van der Waals surface area (Å²) in [6, 6.07) is 0.389. The minimum Gasteiger partial charge on any atom is -0.353 e. The third-order valence-electron chi connectivity index (χ3n) is 4.77. The van der Waals surface area contributed by atoms with Gasteiger partial charge < -0.3 is 5.32 Å². The van der Waals surface area contributed by atoms with Gasteiger partial charge in [0, 0.05) is 6.04 Å². The average Bonchev–Trinajstić information content (AvgIpc) is 2.92. The third kappa shape index (κ3) is 3.26. The Morgan fingerprint density at radius 3 is 2.87 bits per heavy atom. The molecule has 2 heterocycles. The number of hydrogen-bond acceptors (Lipinski definition) is 4. The van der Waals surface area contributed by atoms with Crippen LogP contribution in [0.4, 0.5) is 5.95 Å². The van der Waals surface area contributed by atoms with Crippen LogP contribution >= 0.6 is 0 Å². The second-order valence-corrected chi connectivity index (χ2v) is 7.66. The Morgan fingerprint density at radius 1 is 1.39 bits per heavy atom. The zero-order valence-electron chi connectivity index (χ0n) is 14.5. The van der Waals surface area contributed by atoms with Crippen LogP contribution in [-0.2, 0) is 5.54 Å². The number of anilines is 1. The van der Waals surface area contributed by atoms with Gasteiger partial charge in [0.1, 0.15) is 5.39 Å². The van der Waals surface area contributed by atoms with Crippen molar-refractivity contribution in [3.63, 3.8) is 0 Å². The summed E-state index contributed by atoms with van der Waals surface area (Å²) in [5.41, 5.74) is 0.306. The molecule has 1 fully saturated rings. The van der Waals surface area contributed by atoms with Crippen molar-refractivity contribution in [2.24, 2.45) is 5.92 Å². The van der Waals surface area contributed by atoms with E-state index in [1.54, 1.807) is 6.20 Å². The molecule has 2 aromatic rings. The molecule has 0 radical (unpaired) electrons. The van der Waals surface area contributed by atoms with Crippen molar-refractivity contribution < 1.29 is 0 Å². The minimum absolute atomic E-state index is 0.129. The molecule has 0 amide bonds. The van der Waals surface area contributed by atoms with Crippen molar-refractivity contribution in [1.82, 2.24) is 19.7 Å². The molecule has 126 valence electrons. The molecule has 23 heavy (non-hydrogen) atoms. The van der Waals surface area contributed by atoms with Gasteiger partial charge in [-0.3, -0.25) is 9.78 Å². The molecule has 3 rings (SSSR count). The quantitative estimate of drug-likeness (QED) is 0.911. The zero-order chi connectivity index (χ0) is 16.6. The van der Waals surface area contributed by atoms with Gasteiger partial charge in [-0.15, -0.1) is 0 Å². The maximum Gasteiger partial charge on any atom is 0.263 e. The number of fused-ring (bicyclic) bond motifs is 1. The van der Waals surface area contributed by atoms with Gasteiger partial charge in [0.05, 0.1) is 11.7 Å². The highest BCUT2D eigenvalue weighted by molar-refractivity contribution is 5.74. The van der Waals surface area contributed by atoms with Crippen LogP contribution in [0.1, 0.15) is 59.8 Å². The molecule has 1 aliphatic carbocycles. The molecule has 0 bridgehead atoms. The van der Waals surface area contributed by atoms with E-state index in [2.05, 4.69) is 48.1 Å². The summed E-state index contributed by atoms with van der Waals surface area (Å²) >= 11 is 0. The van der Waals surface area contributed by atoms with Crippen LogP contribution in [-0.4, -0.2) is 25.8 Å². The van der Waals surface area contributed by atoms with E-state index in [4.69, 9.17) is 0 Å². The summed E-state index contributed by atoms with van der Waals surface area (Å²) in [5.74, 6) is 1.34. The smallest absolute Gasteiger partial charge is 0.263 e. The largest absolute Gasteiger partial charge is 0.353 e. The lowest BCUT2D eigenvalue weighted by molar-refractivity contribution is 0.326. The van der Waals surface area contributed by atoms with Crippen molar-refractivity contribution in [3.05, 3.63) is 16.6 Å². The summed E-state index contributed by atoms with van der Waals surface area (Å²) in [4.78, 5) is 19.8. The average molecular weight is 317 g/mol. The van der Waals surface area contributed by atoms with Gasteiger partial charge in [0.2, 0.25) is 5.95 Å². The highest BCUT2D eigenvalue weighted by atomic mass is 16.1. The third-order valence-corrected chi connectivity index (χ3v) is 4.77. The molecule has 2 N–H and O–H groups in total. The van der Waals surface area contributed by atoms with E-state index in [1.807, 2.05) is 4.68 Å². The molecule has 0 aromatic carbocycles. The molecule has 0 spiro atoms. The SMILES string of the molecule is CCC1CCCC(Nc2nc3c(cnn3C(C)(C)C)c(=O)[nH]2)C1. The van der Waals surface area contributed by atoms with Crippen LogP contribution in [0, 0.1) is 5.92 Å². The van der Waals surface area contributed by atoms with E-state index < -0.39 is 0 Å². The predicted molar refractivity (Wildman–Crippen MR) is 92.8 cm³/mol. The van der Waals surface area contributed by atoms with E-state index in [0.717, 1.165) is 18.8 Å². The van der Waals surface area contributed by atoms with Crippen LogP contribution in [0.3, 0.4) is 0 Å². The Kier molecular flexibility index (Phi) is 4.17. The van der Waals surface area contributed by atoms with Crippen molar-refractivity contribution in [3.8, 4) is 0 Å². The maximum atomic E-state index is 12.3. The molecule has 1 aliphatic rings. The van der Waals surface area contributed by atoms with Crippen LogP contribution in [0.15, 0.2) is 11.0 Å².